The highest BCUT2D eigenvalue weighted by atomic mass is 16.3. The molecule has 0 amide bonds. The second kappa shape index (κ2) is 7.56. The molecule has 0 aliphatic rings. The molecule has 0 spiro atoms. The van der Waals surface area contributed by atoms with Crippen molar-refractivity contribution in [2.45, 2.75) is 26.2 Å². The van der Waals surface area contributed by atoms with E-state index in [0.717, 1.165) is 66.3 Å². The summed E-state index contributed by atoms with van der Waals surface area (Å²) in [6.07, 6.45) is 1.88. The van der Waals surface area contributed by atoms with Crippen LogP contribution >= 0.6 is 0 Å². The number of furan rings is 2. The maximum atomic E-state index is 6.47. The number of fused-ring (bicyclic) bond motifs is 6. The van der Waals surface area contributed by atoms with Crippen molar-refractivity contribution in [3.05, 3.63) is 103 Å². The van der Waals surface area contributed by atoms with Crippen LogP contribution in [-0.2, 0) is 5.41 Å². The van der Waals surface area contributed by atoms with Gasteiger partial charge in [0.05, 0.1) is 11.3 Å². The monoisotopic (exact) mass is 467 g/mol. The largest absolute Gasteiger partial charge is 0.455 e. The summed E-state index contributed by atoms with van der Waals surface area (Å²) >= 11 is 0. The lowest BCUT2D eigenvalue weighted by Crippen LogP contribution is -2.10. The van der Waals surface area contributed by atoms with Crippen LogP contribution < -0.4 is 0 Å². The molecule has 0 radical (unpaired) electrons. The molecular formula is C33H25NO2. The van der Waals surface area contributed by atoms with Crippen LogP contribution in [0.2, 0.25) is 0 Å². The predicted molar refractivity (Wildman–Crippen MR) is 148 cm³/mol. The summed E-state index contributed by atoms with van der Waals surface area (Å²) in [6, 6.07) is 31.5. The first-order valence-corrected chi connectivity index (χ1v) is 12.3. The van der Waals surface area contributed by atoms with Crippen LogP contribution in [0.5, 0.6) is 0 Å². The van der Waals surface area contributed by atoms with Gasteiger partial charge in [0.1, 0.15) is 22.3 Å². The summed E-state index contributed by atoms with van der Waals surface area (Å²) in [7, 11) is 0. The molecule has 0 fully saturated rings. The van der Waals surface area contributed by atoms with Gasteiger partial charge in [-0.3, -0.25) is 4.98 Å². The summed E-state index contributed by atoms with van der Waals surface area (Å²) in [5, 5.41) is 4.39. The minimum absolute atomic E-state index is 0.0634. The van der Waals surface area contributed by atoms with Crippen molar-refractivity contribution in [1.82, 2.24) is 4.98 Å². The third-order valence-corrected chi connectivity index (χ3v) is 7.08. The number of para-hydroxylation sites is 2. The fourth-order valence-electron chi connectivity index (χ4n) is 5.19. The lowest BCUT2D eigenvalue weighted by molar-refractivity contribution is 0.590. The van der Waals surface area contributed by atoms with Gasteiger partial charge in [0.25, 0.3) is 0 Å². The highest BCUT2D eigenvalue weighted by Crippen LogP contribution is 2.44. The standard InChI is InChI=1S/C33H25NO2/c1-33(2,3)22-10-8-9-20(17-22)27-18-21(15-16-34-27)30-31-25(23-11-4-6-13-28(23)35-31)19-26-24-12-5-7-14-29(24)36-32(26)30/h4-19H,1-3H3. The second-order valence-electron chi connectivity index (χ2n) is 10.5. The molecule has 0 saturated heterocycles. The number of hydrogen-bond acceptors (Lipinski definition) is 3. The summed E-state index contributed by atoms with van der Waals surface area (Å²) < 4.78 is 12.9. The molecule has 7 aromatic rings. The summed E-state index contributed by atoms with van der Waals surface area (Å²) in [6.45, 7) is 6.70. The van der Waals surface area contributed by atoms with E-state index in [1.54, 1.807) is 0 Å². The van der Waals surface area contributed by atoms with Gasteiger partial charge in [-0.2, -0.15) is 0 Å². The highest BCUT2D eigenvalue weighted by Gasteiger charge is 2.21. The number of pyridine rings is 1. The van der Waals surface area contributed by atoms with Crippen LogP contribution in [0.15, 0.2) is 106 Å². The Morgan fingerprint density at radius 1 is 0.583 bits per heavy atom. The van der Waals surface area contributed by atoms with Gasteiger partial charge in [-0.05, 0) is 52.9 Å². The van der Waals surface area contributed by atoms with Crippen LogP contribution in [0, 0.1) is 0 Å². The maximum Gasteiger partial charge on any atom is 0.147 e. The van der Waals surface area contributed by atoms with Crippen LogP contribution in [0.1, 0.15) is 26.3 Å². The minimum atomic E-state index is 0.0634. The molecule has 0 unspecified atom stereocenters. The Morgan fingerprint density at radius 2 is 1.22 bits per heavy atom. The number of hydrogen-bond donors (Lipinski definition) is 0. The summed E-state index contributed by atoms with van der Waals surface area (Å²) in [4.78, 5) is 4.74. The first kappa shape index (κ1) is 21.0. The zero-order chi connectivity index (χ0) is 24.4. The third kappa shape index (κ3) is 3.16. The minimum Gasteiger partial charge on any atom is -0.455 e. The van der Waals surface area contributed by atoms with Crippen molar-refractivity contribution < 1.29 is 8.83 Å². The van der Waals surface area contributed by atoms with Gasteiger partial charge >= 0.3 is 0 Å². The first-order valence-electron chi connectivity index (χ1n) is 12.3. The zero-order valence-corrected chi connectivity index (χ0v) is 20.5. The van der Waals surface area contributed by atoms with E-state index in [9.17, 15) is 0 Å². The molecule has 36 heavy (non-hydrogen) atoms. The van der Waals surface area contributed by atoms with Gasteiger partial charge in [-0.15, -0.1) is 0 Å². The van der Waals surface area contributed by atoms with Gasteiger partial charge in [0, 0.05) is 33.3 Å². The maximum absolute atomic E-state index is 6.47. The normalized spacial score (nSPS) is 12.3. The molecule has 174 valence electrons. The molecule has 0 bridgehead atoms. The number of aromatic nitrogens is 1. The van der Waals surface area contributed by atoms with Gasteiger partial charge in [0.15, 0.2) is 0 Å². The average molecular weight is 468 g/mol. The molecule has 0 saturated carbocycles. The SMILES string of the molecule is CC(C)(C)c1cccc(-c2cc(-c3c4oc5ccccc5c4cc4c3oc3ccccc34)ccn2)c1. The molecule has 4 aromatic carbocycles. The summed E-state index contributed by atoms with van der Waals surface area (Å²) in [5.74, 6) is 0. The lowest BCUT2D eigenvalue weighted by Gasteiger charge is -2.19. The van der Waals surface area contributed by atoms with Crippen LogP contribution in [0.25, 0.3) is 66.3 Å². The zero-order valence-electron chi connectivity index (χ0n) is 20.5. The molecule has 3 heterocycles. The molecule has 3 nitrogen and oxygen atoms in total. The molecule has 0 atom stereocenters. The Balaban J connectivity index is 1.55. The van der Waals surface area contributed by atoms with E-state index in [1.165, 1.54) is 5.56 Å². The van der Waals surface area contributed by atoms with E-state index in [1.807, 2.05) is 36.5 Å². The number of nitrogens with zero attached hydrogens (tertiary/aromatic N) is 1. The topological polar surface area (TPSA) is 39.2 Å². The van der Waals surface area contributed by atoms with E-state index >= 15 is 0 Å². The van der Waals surface area contributed by atoms with Crippen LogP contribution in [0.3, 0.4) is 0 Å². The fraction of sp³-hybridized carbons (Fsp3) is 0.121. The fourth-order valence-corrected chi connectivity index (χ4v) is 5.19. The van der Waals surface area contributed by atoms with E-state index < -0.39 is 0 Å². The Labute approximate surface area is 209 Å². The van der Waals surface area contributed by atoms with Crippen molar-refractivity contribution in [2.75, 3.05) is 0 Å². The van der Waals surface area contributed by atoms with Crippen molar-refractivity contribution in [2.24, 2.45) is 0 Å². The van der Waals surface area contributed by atoms with Crippen LogP contribution in [-0.4, -0.2) is 4.98 Å². The number of rotatable bonds is 2. The van der Waals surface area contributed by atoms with Crippen molar-refractivity contribution in [3.8, 4) is 22.4 Å². The van der Waals surface area contributed by atoms with Gasteiger partial charge in [0.2, 0.25) is 0 Å². The van der Waals surface area contributed by atoms with Crippen molar-refractivity contribution >= 4 is 43.9 Å². The van der Waals surface area contributed by atoms with E-state index in [4.69, 9.17) is 13.8 Å². The molecule has 7 rings (SSSR count). The van der Waals surface area contributed by atoms with Crippen molar-refractivity contribution in [1.29, 1.82) is 0 Å². The van der Waals surface area contributed by atoms with Gasteiger partial charge < -0.3 is 8.83 Å². The molecule has 0 aliphatic carbocycles. The third-order valence-electron chi connectivity index (χ3n) is 7.08. The quantitative estimate of drug-likeness (QED) is 0.254. The summed E-state index contributed by atoms with van der Waals surface area (Å²) in [5.41, 5.74) is 8.78. The second-order valence-corrected chi connectivity index (χ2v) is 10.5. The van der Waals surface area contributed by atoms with Gasteiger partial charge in [-0.25, -0.2) is 0 Å². The smallest absolute Gasteiger partial charge is 0.147 e. The molecule has 0 aliphatic heterocycles. The molecule has 3 heteroatoms. The van der Waals surface area contributed by atoms with Crippen molar-refractivity contribution in [3.63, 3.8) is 0 Å². The Bertz CT molecular complexity index is 1840. The Morgan fingerprint density at radius 3 is 1.86 bits per heavy atom. The van der Waals surface area contributed by atoms with E-state index in [0.29, 0.717) is 0 Å². The Kier molecular flexibility index (Phi) is 4.40. The average Bonchev–Trinajstić information content (AvgIpc) is 3.45. The first-order chi connectivity index (χ1) is 17.5. The van der Waals surface area contributed by atoms with E-state index in [-0.39, 0.29) is 5.41 Å². The number of benzene rings is 4. The molecule has 3 aromatic heterocycles. The van der Waals surface area contributed by atoms with Gasteiger partial charge in [-0.1, -0.05) is 75.4 Å². The highest BCUT2D eigenvalue weighted by molar-refractivity contribution is 6.22. The molecule has 0 N–H and O–H groups in total. The predicted octanol–water partition coefficient (Wildman–Crippen LogP) is 9.51. The van der Waals surface area contributed by atoms with Crippen LogP contribution in [0.4, 0.5) is 0 Å². The lowest BCUT2D eigenvalue weighted by atomic mass is 9.86. The van der Waals surface area contributed by atoms with E-state index in [2.05, 4.69) is 81.4 Å². The molecular weight excluding hydrogens is 442 g/mol. The Hall–Kier alpha value is -4.37.